The van der Waals surface area contributed by atoms with Crippen molar-refractivity contribution in [3.63, 3.8) is 0 Å². The smallest absolute Gasteiger partial charge is 0.294 e. The van der Waals surface area contributed by atoms with Gasteiger partial charge < -0.3 is 9.30 Å². The highest BCUT2D eigenvalue weighted by molar-refractivity contribution is 7.80. The zero-order valence-corrected chi connectivity index (χ0v) is 8.30. The van der Waals surface area contributed by atoms with E-state index in [0.717, 1.165) is 5.56 Å². The predicted octanol–water partition coefficient (Wildman–Crippen LogP) is 0.797. The van der Waals surface area contributed by atoms with Gasteiger partial charge in [-0.3, -0.25) is 10.1 Å². The number of ether oxygens (including phenoxy) is 1. The molecule has 0 saturated carbocycles. The highest BCUT2D eigenvalue weighted by Gasteiger charge is 2.22. The van der Waals surface area contributed by atoms with Crippen molar-refractivity contribution < 1.29 is 9.53 Å². The van der Waals surface area contributed by atoms with Gasteiger partial charge in [-0.05, 0) is 29.9 Å². The first-order valence-corrected chi connectivity index (χ1v) is 4.43. The van der Waals surface area contributed by atoms with Gasteiger partial charge in [-0.1, -0.05) is 0 Å². The van der Waals surface area contributed by atoms with Crippen LogP contribution in [0.4, 0.5) is 0 Å². The maximum atomic E-state index is 11.2. The fraction of sp³-hybridized carbons (Fsp3) is 0.111. The van der Waals surface area contributed by atoms with Gasteiger partial charge >= 0.3 is 0 Å². The lowest BCUT2D eigenvalue weighted by Gasteiger charge is -1.91. The molecule has 1 aliphatic rings. The van der Waals surface area contributed by atoms with Crippen LogP contribution in [-0.4, -0.2) is 15.6 Å². The molecule has 2 heterocycles. The van der Waals surface area contributed by atoms with Gasteiger partial charge in [0.05, 0.1) is 0 Å². The van der Waals surface area contributed by atoms with Gasteiger partial charge in [0, 0.05) is 19.4 Å². The van der Waals surface area contributed by atoms with E-state index in [2.05, 4.69) is 5.32 Å². The summed E-state index contributed by atoms with van der Waals surface area (Å²) < 4.78 is 6.90. The second kappa shape index (κ2) is 3.26. The molecule has 0 atom stereocenters. The molecule has 1 aromatic heterocycles. The van der Waals surface area contributed by atoms with E-state index < -0.39 is 0 Å². The minimum absolute atomic E-state index is 0.109. The number of hydrogen-bond acceptors (Lipinski definition) is 3. The zero-order valence-electron chi connectivity index (χ0n) is 7.48. The molecule has 0 aliphatic carbocycles. The lowest BCUT2D eigenvalue weighted by atomic mass is 10.3. The van der Waals surface area contributed by atoms with Crippen molar-refractivity contribution in [1.82, 2.24) is 9.88 Å². The van der Waals surface area contributed by atoms with Crippen LogP contribution in [0, 0.1) is 0 Å². The predicted molar refractivity (Wildman–Crippen MR) is 55.2 cm³/mol. The molecule has 0 radical (unpaired) electrons. The van der Waals surface area contributed by atoms with E-state index >= 15 is 0 Å². The van der Waals surface area contributed by atoms with E-state index in [9.17, 15) is 4.79 Å². The van der Waals surface area contributed by atoms with Crippen LogP contribution >= 0.6 is 12.2 Å². The molecule has 4 nitrogen and oxygen atoms in total. The number of thiocarbonyl (C=S) groups is 1. The Morgan fingerprint density at radius 2 is 2.43 bits per heavy atom. The molecule has 1 amide bonds. The SMILES string of the molecule is Cn1ccc(/C=C2\OC(=S)NC2=O)c1. The van der Waals surface area contributed by atoms with Crippen LogP contribution in [0.15, 0.2) is 24.2 Å². The van der Waals surface area contributed by atoms with Crippen LogP contribution in [-0.2, 0) is 16.6 Å². The fourth-order valence-corrected chi connectivity index (χ4v) is 1.37. The summed E-state index contributed by atoms with van der Waals surface area (Å²) in [5.74, 6) is -0.0555. The Kier molecular flexibility index (Phi) is 2.09. The third-order valence-corrected chi connectivity index (χ3v) is 1.98. The maximum Gasteiger partial charge on any atom is 0.294 e. The molecule has 0 bridgehead atoms. The van der Waals surface area contributed by atoms with E-state index in [0.29, 0.717) is 0 Å². The molecule has 1 N–H and O–H groups in total. The molecule has 72 valence electrons. The van der Waals surface area contributed by atoms with Gasteiger partial charge in [-0.2, -0.15) is 0 Å². The molecule has 1 aliphatic heterocycles. The Labute approximate surface area is 86.2 Å². The van der Waals surface area contributed by atoms with Crippen LogP contribution in [0.3, 0.4) is 0 Å². The molecule has 5 heteroatoms. The maximum absolute atomic E-state index is 11.2. The standard InChI is InChI=1S/C9H8N2O2S/c1-11-3-2-6(5-11)4-7-8(12)10-9(14)13-7/h2-5H,1H3,(H,10,12,14)/b7-4-. The molecule has 1 fully saturated rings. The molecule has 0 aromatic carbocycles. The first-order valence-electron chi connectivity index (χ1n) is 4.02. The monoisotopic (exact) mass is 208 g/mol. The lowest BCUT2D eigenvalue weighted by Crippen LogP contribution is -2.18. The minimum atomic E-state index is -0.293. The van der Waals surface area contributed by atoms with E-state index in [1.165, 1.54) is 0 Å². The van der Waals surface area contributed by atoms with Crippen molar-refractivity contribution in [2.24, 2.45) is 7.05 Å². The number of hydrogen-bond donors (Lipinski definition) is 1. The summed E-state index contributed by atoms with van der Waals surface area (Å²) in [6.07, 6.45) is 5.41. The molecule has 0 unspecified atom stereocenters. The molecule has 1 aromatic rings. The topological polar surface area (TPSA) is 43.3 Å². The molecule has 2 rings (SSSR count). The lowest BCUT2D eigenvalue weighted by molar-refractivity contribution is -0.116. The van der Waals surface area contributed by atoms with Crippen molar-refractivity contribution in [1.29, 1.82) is 0 Å². The Balaban J connectivity index is 2.27. The van der Waals surface area contributed by atoms with Gasteiger partial charge in [0.2, 0.25) is 0 Å². The van der Waals surface area contributed by atoms with Gasteiger partial charge in [-0.15, -0.1) is 0 Å². The second-order valence-corrected chi connectivity index (χ2v) is 3.33. The average molecular weight is 208 g/mol. The Morgan fingerprint density at radius 1 is 1.64 bits per heavy atom. The Bertz CT molecular complexity index is 434. The number of carbonyl (C=O) groups is 1. The summed E-state index contributed by atoms with van der Waals surface area (Å²) in [4.78, 5) is 11.2. The number of rotatable bonds is 1. The summed E-state index contributed by atoms with van der Waals surface area (Å²) in [5, 5.41) is 2.50. The molecular weight excluding hydrogens is 200 g/mol. The normalized spacial score (nSPS) is 18.5. The zero-order chi connectivity index (χ0) is 10.1. The van der Waals surface area contributed by atoms with Gasteiger partial charge in [0.15, 0.2) is 5.76 Å². The Hall–Kier alpha value is -1.62. The van der Waals surface area contributed by atoms with Crippen molar-refractivity contribution in [3.8, 4) is 0 Å². The summed E-state index contributed by atoms with van der Waals surface area (Å²) >= 11 is 4.69. The van der Waals surface area contributed by atoms with E-state index in [4.69, 9.17) is 17.0 Å². The molecular formula is C9H8N2O2S. The second-order valence-electron chi connectivity index (χ2n) is 2.96. The number of carbonyl (C=O) groups excluding carboxylic acids is 1. The number of amides is 1. The van der Waals surface area contributed by atoms with Crippen molar-refractivity contribution in [3.05, 3.63) is 29.8 Å². The number of nitrogens with zero attached hydrogens (tertiary/aromatic N) is 1. The number of aromatic nitrogens is 1. The summed E-state index contributed by atoms with van der Waals surface area (Å²) in [5.41, 5.74) is 0.905. The number of nitrogens with one attached hydrogen (secondary N) is 1. The molecule has 1 saturated heterocycles. The third kappa shape index (κ3) is 1.67. The van der Waals surface area contributed by atoms with Crippen molar-refractivity contribution >= 4 is 29.4 Å². The van der Waals surface area contributed by atoms with Crippen molar-refractivity contribution in [2.45, 2.75) is 0 Å². The van der Waals surface area contributed by atoms with E-state index in [1.807, 2.05) is 30.1 Å². The summed E-state index contributed by atoms with van der Waals surface area (Å²) in [6.45, 7) is 0. The minimum Gasteiger partial charge on any atom is -0.426 e. The average Bonchev–Trinajstić information content (AvgIpc) is 2.61. The first kappa shape index (κ1) is 8.96. The van der Waals surface area contributed by atoms with Crippen LogP contribution in [0.5, 0.6) is 0 Å². The van der Waals surface area contributed by atoms with Gasteiger partial charge in [0.1, 0.15) is 0 Å². The third-order valence-electron chi connectivity index (χ3n) is 1.79. The highest BCUT2D eigenvalue weighted by atomic mass is 32.1. The van der Waals surface area contributed by atoms with E-state index in [1.54, 1.807) is 6.08 Å². The molecule has 0 spiro atoms. The Morgan fingerprint density at radius 3 is 2.93 bits per heavy atom. The van der Waals surface area contributed by atoms with Gasteiger partial charge in [-0.25, -0.2) is 0 Å². The van der Waals surface area contributed by atoms with Crippen LogP contribution in [0.25, 0.3) is 6.08 Å². The largest absolute Gasteiger partial charge is 0.426 e. The highest BCUT2D eigenvalue weighted by Crippen LogP contribution is 2.12. The summed E-state index contributed by atoms with van der Waals surface area (Å²) in [6, 6.07) is 1.88. The van der Waals surface area contributed by atoms with Crippen LogP contribution in [0.2, 0.25) is 0 Å². The van der Waals surface area contributed by atoms with Gasteiger partial charge in [0.25, 0.3) is 11.1 Å². The van der Waals surface area contributed by atoms with Crippen molar-refractivity contribution in [2.75, 3.05) is 0 Å². The van der Waals surface area contributed by atoms with Crippen LogP contribution in [0.1, 0.15) is 5.56 Å². The summed E-state index contributed by atoms with van der Waals surface area (Å²) in [7, 11) is 1.90. The first-order chi connectivity index (χ1) is 6.65. The quantitative estimate of drug-likeness (QED) is 0.548. The van der Waals surface area contributed by atoms with E-state index in [-0.39, 0.29) is 16.8 Å². The fourth-order valence-electron chi connectivity index (χ4n) is 1.18. The number of aryl methyl sites for hydroxylation is 1. The molecule has 14 heavy (non-hydrogen) atoms. The van der Waals surface area contributed by atoms with Crippen LogP contribution < -0.4 is 5.32 Å².